The van der Waals surface area contributed by atoms with E-state index in [1.54, 1.807) is 36.7 Å². The van der Waals surface area contributed by atoms with E-state index in [4.69, 9.17) is 22.3 Å². The summed E-state index contributed by atoms with van der Waals surface area (Å²) in [5, 5.41) is 14.8. The highest BCUT2D eigenvalue weighted by molar-refractivity contribution is 5.95. The summed E-state index contributed by atoms with van der Waals surface area (Å²) in [6.45, 7) is 0. The Morgan fingerprint density at radius 3 is 1.92 bits per heavy atom. The Bertz CT molecular complexity index is 826. The first-order chi connectivity index (χ1) is 11.5. The zero-order chi connectivity index (χ0) is 17.1. The first-order valence-electron chi connectivity index (χ1n) is 7.12. The summed E-state index contributed by atoms with van der Waals surface area (Å²) in [6, 6.07) is 10.7. The molecule has 0 bridgehead atoms. The van der Waals surface area contributed by atoms with E-state index in [2.05, 4.69) is 15.0 Å². The third-order valence-corrected chi connectivity index (χ3v) is 3.46. The van der Waals surface area contributed by atoms with Gasteiger partial charge in [-0.25, -0.2) is 4.98 Å². The standard InChI is InChI=1S/C17H15N7/c18-16(19)11-3-1-10(2-4-11)14-8-22-9-15(24-14)13-6-5-12(7-23-13)17(20)21/h1-9H,(H3,18,19)(H3,20,21). The largest absolute Gasteiger partial charge is 0.384 e. The van der Waals surface area contributed by atoms with Gasteiger partial charge in [-0.15, -0.1) is 0 Å². The summed E-state index contributed by atoms with van der Waals surface area (Å²) in [6.07, 6.45) is 4.83. The molecule has 2 aromatic heterocycles. The number of nitrogens with zero attached hydrogens (tertiary/aromatic N) is 3. The molecule has 0 saturated carbocycles. The van der Waals surface area contributed by atoms with Crippen molar-refractivity contribution >= 4 is 11.7 Å². The summed E-state index contributed by atoms with van der Waals surface area (Å²) in [7, 11) is 0. The van der Waals surface area contributed by atoms with Gasteiger partial charge in [-0.2, -0.15) is 0 Å². The van der Waals surface area contributed by atoms with Crippen LogP contribution < -0.4 is 11.5 Å². The molecule has 0 fully saturated rings. The first-order valence-corrected chi connectivity index (χ1v) is 7.12. The number of hydrogen-bond donors (Lipinski definition) is 4. The molecule has 0 aliphatic rings. The van der Waals surface area contributed by atoms with Crippen molar-refractivity contribution in [2.45, 2.75) is 0 Å². The predicted molar refractivity (Wildman–Crippen MR) is 92.7 cm³/mol. The number of amidine groups is 2. The van der Waals surface area contributed by atoms with Gasteiger partial charge in [0.1, 0.15) is 17.4 Å². The fraction of sp³-hybridized carbons (Fsp3) is 0. The molecule has 118 valence electrons. The molecule has 6 N–H and O–H groups in total. The van der Waals surface area contributed by atoms with Gasteiger partial charge in [-0.05, 0) is 12.1 Å². The molecule has 0 aliphatic carbocycles. The van der Waals surface area contributed by atoms with E-state index in [0.29, 0.717) is 28.2 Å². The molecule has 24 heavy (non-hydrogen) atoms. The lowest BCUT2D eigenvalue weighted by Crippen LogP contribution is -2.11. The van der Waals surface area contributed by atoms with E-state index in [1.807, 2.05) is 12.1 Å². The summed E-state index contributed by atoms with van der Waals surface area (Å²) in [5.41, 5.74) is 14.9. The third kappa shape index (κ3) is 3.09. The van der Waals surface area contributed by atoms with E-state index < -0.39 is 0 Å². The van der Waals surface area contributed by atoms with E-state index in [-0.39, 0.29) is 11.7 Å². The number of nitrogens with one attached hydrogen (secondary N) is 2. The Kier molecular flexibility index (Phi) is 3.98. The fourth-order valence-corrected chi connectivity index (χ4v) is 2.15. The Labute approximate surface area is 138 Å². The van der Waals surface area contributed by atoms with Crippen LogP contribution in [0.4, 0.5) is 0 Å². The molecule has 0 saturated heterocycles. The molecular weight excluding hydrogens is 302 g/mol. The molecule has 2 heterocycles. The minimum Gasteiger partial charge on any atom is -0.384 e. The summed E-state index contributed by atoms with van der Waals surface area (Å²) in [4.78, 5) is 13.1. The average Bonchev–Trinajstić information content (AvgIpc) is 2.62. The molecule has 0 radical (unpaired) electrons. The molecule has 0 spiro atoms. The summed E-state index contributed by atoms with van der Waals surface area (Å²) >= 11 is 0. The molecule has 1 aromatic carbocycles. The second kappa shape index (κ2) is 6.25. The quantitative estimate of drug-likeness (QED) is 0.429. The average molecular weight is 317 g/mol. The number of rotatable bonds is 4. The van der Waals surface area contributed by atoms with E-state index in [0.717, 1.165) is 5.56 Å². The van der Waals surface area contributed by atoms with Crippen LogP contribution >= 0.6 is 0 Å². The lowest BCUT2D eigenvalue weighted by molar-refractivity contribution is 1.18. The predicted octanol–water partition coefficient (Wildman–Crippen LogP) is 1.77. The molecule has 3 aromatic rings. The number of aromatic nitrogens is 3. The van der Waals surface area contributed by atoms with Crippen LogP contribution in [0.5, 0.6) is 0 Å². The molecule has 7 nitrogen and oxygen atoms in total. The highest BCUT2D eigenvalue weighted by Crippen LogP contribution is 2.20. The van der Waals surface area contributed by atoms with Crippen LogP contribution in [-0.4, -0.2) is 26.6 Å². The van der Waals surface area contributed by atoms with Crippen LogP contribution in [-0.2, 0) is 0 Å². The number of nitrogens with two attached hydrogens (primary N) is 2. The van der Waals surface area contributed by atoms with Gasteiger partial charge >= 0.3 is 0 Å². The zero-order valence-corrected chi connectivity index (χ0v) is 12.7. The molecule has 0 amide bonds. The minimum atomic E-state index is -0.0283. The Balaban J connectivity index is 1.94. The van der Waals surface area contributed by atoms with Crippen molar-refractivity contribution in [1.29, 1.82) is 10.8 Å². The van der Waals surface area contributed by atoms with E-state index in [1.165, 1.54) is 6.20 Å². The van der Waals surface area contributed by atoms with Crippen molar-refractivity contribution < 1.29 is 0 Å². The van der Waals surface area contributed by atoms with Gasteiger partial charge in [0.2, 0.25) is 0 Å². The van der Waals surface area contributed by atoms with Gasteiger partial charge < -0.3 is 11.5 Å². The normalized spacial score (nSPS) is 10.3. The van der Waals surface area contributed by atoms with Crippen LogP contribution in [0.2, 0.25) is 0 Å². The molecule has 0 unspecified atom stereocenters. The first kappa shape index (κ1) is 15.3. The van der Waals surface area contributed by atoms with Gasteiger partial charge in [0.25, 0.3) is 0 Å². The molecule has 0 aliphatic heterocycles. The third-order valence-electron chi connectivity index (χ3n) is 3.46. The van der Waals surface area contributed by atoms with Gasteiger partial charge in [0.05, 0.1) is 23.8 Å². The second-order valence-electron chi connectivity index (χ2n) is 5.13. The second-order valence-corrected chi connectivity index (χ2v) is 5.13. The SMILES string of the molecule is N=C(N)c1ccc(-c2cncc(-c3ccc(C(=N)N)cn3)n2)cc1. The summed E-state index contributed by atoms with van der Waals surface area (Å²) < 4.78 is 0. The van der Waals surface area contributed by atoms with Crippen LogP contribution in [0.3, 0.4) is 0 Å². The van der Waals surface area contributed by atoms with Gasteiger partial charge in [0.15, 0.2) is 0 Å². The fourth-order valence-electron chi connectivity index (χ4n) is 2.15. The zero-order valence-electron chi connectivity index (χ0n) is 12.7. The summed E-state index contributed by atoms with van der Waals surface area (Å²) in [5.74, 6) is -0.00408. The highest BCUT2D eigenvalue weighted by atomic mass is 14.8. The lowest BCUT2D eigenvalue weighted by atomic mass is 10.1. The van der Waals surface area contributed by atoms with Crippen molar-refractivity contribution in [2.24, 2.45) is 11.5 Å². The molecular formula is C17H15N7. The van der Waals surface area contributed by atoms with Crippen molar-refractivity contribution in [3.8, 4) is 22.6 Å². The van der Waals surface area contributed by atoms with Gasteiger partial charge in [-0.3, -0.25) is 20.8 Å². The number of benzene rings is 1. The maximum absolute atomic E-state index is 7.42. The van der Waals surface area contributed by atoms with Crippen LogP contribution in [0.1, 0.15) is 11.1 Å². The molecule has 3 rings (SSSR count). The van der Waals surface area contributed by atoms with E-state index >= 15 is 0 Å². The van der Waals surface area contributed by atoms with Crippen LogP contribution in [0, 0.1) is 10.8 Å². The van der Waals surface area contributed by atoms with Crippen molar-refractivity contribution in [2.75, 3.05) is 0 Å². The molecule has 7 heteroatoms. The Hall–Kier alpha value is -3.61. The van der Waals surface area contributed by atoms with Crippen molar-refractivity contribution in [1.82, 2.24) is 15.0 Å². The van der Waals surface area contributed by atoms with Crippen molar-refractivity contribution in [3.05, 3.63) is 66.1 Å². The van der Waals surface area contributed by atoms with Gasteiger partial charge in [0, 0.05) is 22.9 Å². The lowest BCUT2D eigenvalue weighted by Gasteiger charge is -2.06. The maximum atomic E-state index is 7.42. The molecule has 0 atom stereocenters. The smallest absolute Gasteiger partial charge is 0.124 e. The van der Waals surface area contributed by atoms with Gasteiger partial charge in [-0.1, -0.05) is 24.3 Å². The minimum absolute atomic E-state index is 0.0242. The number of nitrogen functional groups attached to an aromatic ring is 2. The van der Waals surface area contributed by atoms with E-state index in [9.17, 15) is 0 Å². The number of pyridine rings is 1. The van der Waals surface area contributed by atoms with Crippen LogP contribution in [0.25, 0.3) is 22.6 Å². The van der Waals surface area contributed by atoms with Crippen LogP contribution in [0.15, 0.2) is 55.0 Å². The topological polar surface area (TPSA) is 138 Å². The van der Waals surface area contributed by atoms with Crippen molar-refractivity contribution in [3.63, 3.8) is 0 Å². The highest BCUT2D eigenvalue weighted by Gasteiger charge is 2.07. The monoisotopic (exact) mass is 317 g/mol. The Morgan fingerprint density at radius 1 is 0.708 bits per heavy atom. The maximum Gasteiger partial charge on any atom is 0.124 e. The Morgan fingerprint density at radius 2 is 1.33 bits per heavy atom. The number of hydrogen-bond acceptors (Lipinski definition) is 5.